The van der Waals surface area contributed by atoms with Gasteiger partial charge < -0.3 is 5.21 Å². The Kier molecular flexibility index (Phi) is 2.58. The fourth-order valence-electron chi connectivity index (χ4n) is 3.34. The molecule has 4 rings (SSSR count). The molecular formula is C19H15NO. The molecule has 0 bridgehead atoms. The van der Waals surface area contributed by atoms with Crippen LogP contribution in [0.1, 0.15) is 18.4 Å². The van der Waals surface area contributed by atoms with E-state index in [2.05, 4.69) is 59.8 Å². The SMILES string of the molecule is CC(/C=N/O)c1ccc2ccc3cccc4ccc1c2c34. The summed E-state index contributed by atoms with van der Waals surface area (Å²) in [6.07, 6.45) is 1.58. The van der Waals surface area contributed by atoms with Crippen LogP contribution in [0.5, 0.6) is 0 Å². The number of hydrogen-bond acceptors (Lipinski definition) is 2. The number of oxime groups is 1. The third kappa shape index (κ3) is 1.69. The van der Waals surface area contributed by atoms with Crippen molar-refractivity contribution in [3.8, 4) is 0 Å². The molecule has 4 aromatic rings. The molecule has 102 valence electrons. The minimum atomic E-state index is 0.0829. The van der Waals surface area contributed by atoms with Crippen molar-refractivity contribution in [3.63, 3.8) is 0 Å². The molecule has 0 saturated carbocycles. The highest BCUT2D eigenvalue weighted by Gasteiger charge is 2.13. The summed E-state index contributed by atoms with van der Waals surface area (Å²) in [6, 6.07) is 19.4. The Labute approximate surface area is 122 Å². The zero-order valence-electron chi connectivity index (χ0n) is 11.7. The van der Waals surface area contributed by atoms with E-state index in [4.69, 9.17) is 5.21 Å². The lowest BCUT2D eigenvalue weighted by Gasteiger charge is -2.15. The number of nitrogens with zero attached hydrogens (tertiary/aromatic N) is 1. The third-order valence-electron chi connectivity index (χ3n) is 4.34. The first-order chi connectivity index (χ1) is 10.3. The third-order valence-corrected chi connectivity index (χ3v) is 4.34. The monoisotopic (exact) mass is 273 g/mol. The first kappa shape index (κ1) is 12.2. The van der Waals surface area contributed by atoms with E-state index < -0.39 is 0 Å². The van der Waals surface area contributed by atoms with Crippen molar-refractivity contribution in [1.82, 2.24) is 0 Å². The van der Waals surface area contributed by atoms with Gasteiger partial charge in [0.25, 0.3) is 0 Å². The molecule has 0 fully saturated rings. The van der Waals surface area contributed by atoms with E-state index in [0.717, 1.165) is 0 Å². The summed E-state index contributed by atoms with van der Waals surface area (Å²) >= 11 is 0. The van der Waals surface area contributed by atoms with Crippen molar-refractivity contribution in [3.05, 3.63) is 60.2 Å². The summed E-state index contributed by atoms with van der Waals surface area (Å²) in [4.78, 5) is 0. The van der Waals surface area contributed by atoms with Crippen molar-refractivity contribution in [1.29, 1.82) is 0 Å². The summed E-state index contributed by atoms with van der Waals surface area (Å²) < 4.78 is 0. The molecule has 0 heterocycles. The van der Waals surface area contributed by atoms with Gasteiger partial charge in [0.05, 0.1) is 6.21 Å². The molecule has 0 radical (unpaired) electrons. The van der Waals surface area contributed by atoms with E-state index in [-0.39, 0.29) is 5.92 Å². The maximum atomic E-state index is 8.81. The van der Waals surface area contributed by atoms with E-state index in [0.29, 0.717) is 0 Å². The van der Waals surface area contributed by atoms with Crippen LogP contribution in [0, 0.1) is 0 Å². The Bertz CT molecular complexity index is 955. The normalized spacial score (nSPS) is 13.8. The van der Waals surface area contributed by atoms with Crippen molar-refractivity contribution >= 4 is 38.5 Å². The lowest BCUT2D eigenvalue weighted by atomic mass is 9.88. The zero-order chi connectivity index (χ0) is 14.4. The lowest BCUT2D eigenvalue weighted by molar-refractivity contribution is 0.320. The molecule has 2 nitrogen and oxygen atoms in total. The number of benzene rings is 4. The Morgan fingerprint density at radius 1 is 0.857 bits per heavy atom. The van der Waals surface area contributed by atoms with Crippen molar-refractivity contribution in [2.24, 2.45) is 5.16 Å². The largest absolute Gasteiger partial charge is 0.411 e. The molecule has 21 heavy (non-hydrogen) atoms. The molecule has 0 aliphatic carbocycles. The first-order valence-corrected chi connectivity index (χ1v) is 7.13. The van der Waals surface area contributed by atoms with Gasteiger partial charge in [-0.15, -0.1) is 5.16 Å². The van der Waals surface area contributed by atoms with Gasteiger partial charge in [0.1, 0.15) is 0 Å². The summed E-state index contributed by atoms with van der Waals surface area (Å²) in [6.45, 7) is 2.05. The van der Waals surface area contributed by atoms with Crippen molar-refractivity contribution in [2.75, 3.05) is 0 Å². The highest BCUT2D eigenvalue weighted by molar-refractivity contribution is 6.23. The minimum absolute atomic E-state index is 0.0829. The molecule has 0 aliphatic rings. The maximum Gasteiger partial charge on any atom is 0.0508 e. The molecule has 4 aromatic carbocycles. The number of hydrogen-bond donors (Lipinski definition) is 1. The van der Waals surface area contributed by atoms with Crippen LogP contribution in [-0.4, -0.2) is 11.4 Å². The van der Waals surface area contributed by atoms with Crippen LogP contribution in [0.3, 0.4) is 0 Å². The molecule has 1 unspecified atom stereocenters. The molecule has 0 amide bonds. The summed E-state index contributed by atoms with van der Waals surface area (Å²) in [5, 5.41) is 19.7. The highest BCUT2D eigenvalue weighted by atomic mass is 16.4. The molecular weight excluding hydrogens is 258 g/mol. The van der Waals surface area contributed by atoms with Crippen LogP contribution in [0.15, 0.2) is 59.8 Å². The van der Waals surface area contributed by atoms with E-state index in [1.54, 1.807) is 6.21 Å². The summed E-state index contributed by atoms with van der Waals surface area (Å²) in [7, 11) is 0. The predicted octanol–water partition coefficient (Wildman–Crippen LogP) is 5.15. The Hall–Kier alpha value is -2.61. The van der Waals surface area contributed by atoms with Crippen LogP contribution in [0.4, 0.5) is 0 Å². The second kappa shape index (κ2) is 4.45. The molecule has 1 N–H and O–H groups in total. The minimum Gasteiger partial charge on any atom is -0.411 e. The Morgan fingerprint density at radius 2 is 1.48 bits per heavy atom. The summed E-state index contributed by atoms with van der Waals surface area (Å²) in [5.74, 6) is 0.0829. The second-order valence-corrected chi connectivity index (χ2v) is 5.56. The van der Waals surface area contributed by atoms with Crippen LogP contribution >= 0.6 is 0 Å². The highest BCUT2D eigenvalue weighted by Crippen LogP contribution is 2.37. The van der Waals surface area contributed by atoms with Crippen LogP contribution in [0.2, 0.25) is 0 Å². The fraction of sp³-hybridized carbons (Fsp3) is 0.105. The molecule has 2 heteroatoms. The fourth-order valence-corrected chi connectivity index (χ4v) is 3.34. The van der Waals surface area contributed by atoms with Gasteiger partial charge in [-0.05, 0) is 37.9 Å². The van der Waals surface area contributed by atoms with E-state index in [1.807, 2.05) is 6.92 Å². The second-order valence-electron chi connectivity index (χ2n) is 5.56. The molecule has 0 aliphatic heterocycles. The van der Waals surface area contributed by atoms with Crippen LogP contribution < -0.4 is 0 Å². The zero-order valence-corrected chi connectivity index (χ0v) is 11.7. The van der Waals surface area contributed by atoms with E-state index in [1.165, 1.54) is 37.9 Å². The van der Waals surface area contributed by atoms with E-state index >= 15 is 0 Å². The smallest absolute Gasteiger partial charge is 0.0508 e. The Balaban J connectivity index is 2.20. The molecule has 0 aromatic heterocycles. The lowest BCUT2D eigenvalue weighted by Crippen LogP contribution is -1.97. The maximum absolute atomic E-state index is 8.81. The van der Waals surface area contributed by atoms with Gasteiger partial charge in [-0.2, -0.15) is 0 Å². The first-order valence-electron chi connectivity index (χ1n) is 7.13. The standard InChI is InChI=1S/C19H15NO/c1-12(11-20-21)16-9-7-15-6-5-13-3-2-4-14-8-10-17(16)19(15)18(13)14/h2-12,21H,1H3/b20-11+. The Morgan fingerprint density at radius 3 is 2.19 bits per heavy atom. The van der Waals surface area contributed by atoms with Gasteiger partial charge >= 0.3 is 0 Å². The average molecular weight is 273 g/mol. The predicted molar refractivity (Wildman–Crippen MR) is 88.8 cm³/mol. The molecule has 1 atom stereocenters. The van der Waals surface area contributed by atoms with Crippen molar-refractivity contribution < 1.29 is 5.21 Å². The van der Waals surface area contributed by atoms with Crippen LogP contribution in [0.25, 0.3) is 32.3 Å². The topological polar surface area (TPSA) is 32.6 Å². The van der Waals surface area contributed by atoms with E-state index in [9.17, 15) is 0 Å². The van der Waals surface area contributed by atoms with Crippen molar-refractivity contribution in [2.45, 2.75) is 12.8 Å². The van der Waals surface area contributed by atoms with Gasteiger partial charge in [-0.3, -0.25) is 0 Å². The summed E-state index contributed by atoms with van der Waals surface area (Å²) in [5.41, 5.74) is 1.19. The van der Waals surface area contributed by atoms with Gasteiger partial charge in [0.15, 0.2) is 0 Å². The van der Waals surface area contributed by atoms with Gasteiger partial charge in [0, 0.05) is 5.92 Å². The van der Waals surface area contributed by atoms with Gasteiger partial charge in [0.2, 0.25) is 0 Å². The van der Waals surface area contributed by atoms with Gasteiger partial charge in [-0.1, -0.05) is 61.5 Å². The molecule has 0 spiro atoms. The quantitative estimate of drug-likeness (QED) is 0.233. The van der Waals surface area contributed by atoms with Gasteiger partial charge in [-0.25, -0.2) is 0 Å². The molecule has 0 saturated heterocycles. The number of rotatable bonds is 2. The van der Waals surface area contributed by atoms with Crippen LogP contribution in [-0.2, 0) is 0 Å². The average Bonchev–Trinajstić information content (AvgIpc) is 2.52.